The van der Waals surface area contributed by atoms with Crippen LogP contribution in [-0.2, 0) is 12.3 Å². The molecule has 1 aliphatic rings. The van der Waals surface area contributed by atoms with E-state index >= 15 is 0 Å². The van der Waals surface area contributed by atoms with Crippen molar-refractivity contribution in [2.75, 3.05) is 13.1 Å². The fraction of sp³-hybridized carbons (Fsp3) is 0.700. The van der Waals surface area contributed by atoms with Gasteiger partial charge in [-0.3, -0.25) is 0 Å². The Morgan fingerprint density at radius 1 is 1.67 bits per heavy atom. The summed E-state index contributed by atoms with van der Waals surface area (Å²) in [5.74, 6) is -2.18. The Labute approximate surface area is 91.7 Å². The smallest absolute Gasteiger partial charge is 0.281 e. The van der Waals surface area contributed by atoms with E-state index in [0.29, 0.717) is 5.92 Å². The Balaban J connectivity index is 2.00. The summed E-state index contributed by atoms with van der Waals surface area (Å²) in [7, 11) is 0. The first-order valence-electron chi connectivity index (χ1n) is 5.09. The van der Waals surface area contributed by atoms with Crippen LogP contribution in [0.1, 0.15) is 23.2 Å². The number of nitrogens with one attached hydrogen (secondary N) is 1. The van der Waals surface area contributed by atoms with Crippen LogP contribution in [0, 0.1) is 5.92 Å². The van der Waals surface area contributed by atoms with Crippen molar-refractivity contribution >= 4 is 11.3 Å². The van der Waals surface area contributed by atoms with Gasteiger partial charge in [0.1, 0.15) is 0 Å². The molecule has 2 rings (SSSR count). The fourth-order valence-electron chi connectivity index (χ4n) is 1.74. The molecule has 1 N–H and O–H groups in total. The van der Waals surface area contributed by atoms with E-state index < -0.39 is 5.92 Å². The number of rotatable bonds is 3. The van der Waals surface area contributed by atoms with E-state index in [1.54, 1.807) is 0 Å². The summed E-state index contributed by atoms with van der Waals surface area (Å²) in [6.07, 6.45) is 3.26. The Morgan fingerprint density at radius 3 is 3.00 bits per heavy atom. The number of nitrogens with zero attached hydrogens (tertiary/aromatic N) is 1. The third-order valence-electron chi connectivity index (χ3n) is 2.61. The third kappa shape index (κ3) is 2.72. The standard InChI is InChI=1S/C10H14F2N2S/c1-10(11,12)8-6-14-9(15-8)4-7-2-3-13-5-7/h6-7,13H,2-5H2,1H3. The molecule has 0 radical (unpaired) electrons. The van der Waals surface area contributed by atoms with E-state index in [0.717, 1.165) is 49.2 Å². The lowest BCUT2D eigenvalue weighted by Gasteiger charge is -2.06. The maximum atomic E-state index is 12.9. The lowest BCUT2D eigenvalue weighted by molar-refractivity contribution is 0.0213. The van der Waals surface area contributed by atoms with Crippen LogP contribution in [0.25, 0.3) is 0 Å². The average molecular weight is 232 g/mol. The molecule has 5 heteroatoms. The lowest BCUT2D eigenvalue weighted by Crippen LogP contribution is -2.10. The number of alkyl halides is 2. The van der Waals surface area contributed by atoms with Gasteiger partial charge in [0.2, 0.25) is 0 Å². The van der Waals surface area contributed by atoms with Gasteiger partial charge < -0.3 is 5.32 Å². The van der Waals surface area contributed by atoms with Crippen LogP contribution in [0.3, 0.4) is 0 Å². The molecule has 84 valence electrons. The second-order valence-electron chi connectivity index (χ2n) is 4.07. The highest BCUT2D eigenvalue weighted by molar-refractivity contribution is 7.11. The SMILES string of the molecule is CC(F)(F)c1cnc(CC2CCNC2)s1. The largest absolute Gasteiger partial charge is 0.316 e. The molecule has 2 nitrogen and oxygen atoms in total. The van der Waals surface area contributed by atoms with Crippen molar-refractivity contribution in [2.45, 2.75) is 25.7 Å². The van der Waals surface area contributed by atoms with E-state index in [-0.39, 0.29) is 4.88 Å². The minimum atomic E-state index is -2.75. The van der Waals surface area contributed by atoms with Crippen LogP contribution in [0.2, 0.25) is 0 Å². The first-order chi connectivity index (χ1) is 7.05. The molecule has 0 aliphatic carbocycles. The van der Waals surface area contributed by atoms with Crippen LogP contribution in [-0.4, -0.2) is 18.1 Å². The molecule has 0 amide bonds. The fourth-order valence-corrected chi connectivity index (χ4v) is 2.71. The summed E-state index contributed by atoms with van der Waals surface area (Å²) < 4.78 is 25.9. The molecule has 0 bridgehead atoms. The molecule has 1 saturated heterocycles. The molecule has 15 heavy (non-hydrogen) atoms. The van der Waals surface area contributed by atoms with E-state index in [1.807, 2.05) is 0 Å². The van der Waals surface area contributed by atoms with Crippen LogP contribution in [0.15, 0.2) is 6.20 Å². The Bertz CT molecular complexity index is 326. The number of thiazole rings is 1. The van der Waals surface area contributed by atoms with Crippen molar-refractivity contribution in [1.82, 2.24) is 10.3 Å². The third-order valence-corrected chi connectivity index (χ3v) is 3.80. The second kappa shape index (κ2) is 4.14. The maximum absolute atomic E-state index is 12.9. The molecule has 1 aromatic heterocycles. The molecule has 0 saturated carbocycles. The number of halogens is 2. The van der Waals surface area contributed by atoms with Crippen LogP contribution < -0.4 is 5.32 Å². The molecule has 1 unspecified atom stereocenters. The molecule has 1 atom stereocenters. The molecule has 0 aromatic carbocycles. The zero-order valence-electron chi connectivity index (χ0n) is 8.59. The molecule has 0 spiro atoms. The van der Waals surface area contributed by atoms with Gasteiger partial charge in [-0.1, -0.05) is 0 Å². The van der Waals surface area contributed by atoms with Gasteiger partial charge in [-0.25, -0.2) is 13.8 Å². The Hall–Kier alpha value is -0.550. The summed E-state index contributed by atoms with van der Waals surface area (Å²) in [6.45, 7) is 2.94. The van der Waals surface area contributed by atoms with Gasteiger partial charge in [-0.05, 0) is 25.4 Å². The van der Waals surface area contributed by atoms with Gasteiger partial charge in [0.15, 0.2) is 0 Å². The van der Waals surface area contributed by atoms with Gasteiger partial charge in [0.25, 0.3) is 5.92 Å². The van der Waals surface area contributed by atoms with Gasteiger partial charge >= 0.3 is 0 Å². The number of aromatic nitrogens is 1. The molecular weight excluding hydrogens is 218 g/mol. The van der Waals surface area contributed by atoms with E-state index in [4.69, 9.17) is 0 Å². The summed E-state index contributed by atoms with van der Waals surface area (Å²) in [5.41, 5.74) is 0. The zero-order valence-corrected chi connectivity index (χ0v) is 9.41. The van der Waals surface area contributed by atoms with Crippen molar-refractivity contribution in [3.63, 3.8) is 0 Å². The summed E-state index contributed by atoms with van der Waals surface area (Å²) in [4.78, 5) is 4.13. The van der Waals surface area contributed by atoms with Crippen molar-refractivity contribution in [3.05, 3.63) is 16.1 Å². The van der Waals surface area contributed by atoms with Crippen molar-refractivity contribution in [3.8, 4) is 0 Å². The molecule has 1 aliphatic heterocycles. The second-order valence-corrected chi connectivity index (χ2v) is 5.18. The quantitative estimate of drug-likeness (QED) is 0.865. The highest BCUT2D eigenvalue weighted by Crippen LogP contribution is 2.32. The van der Waals surface area contributed by atoms with Crippen molar-refractivity contribution in [1.29, 1.82) is 0 Å². The summed E-state index contributed by atoms with van der Waals surface area (Å²) in [6, 6.07) is 0. The highest BCUT2D eigenvalue weighted by atomic mass is 32.1. The predicted molar refractivity (Wildman–Crippen MR) is 56.4 cm³/mol. The van der Waals surface area contributed by atoms with E-state index in [9.17, 15) is 8.78 Å². The lowest BCUT2D eigenvalue weighted by atomic mass is 10.1. The Kier molecular flexibility index (Phi) is 3.02. The average Bonchev–Trinajstić information content (AvgIpc) is 2.73. The topological polar surface area (TPSA) is 24.9 Å². The van der Waals surface area contributed by atoms with Gasteiger partial charge in [-0.15, -0.1) is 11.3 Å². The van der Waals surface area contributed by atoms with Crippen LogP contribution in [0.4, 0.5) is 8.78 Å². The van der Waals surface area contributed by atoms with E-state index in [2.05, 4.69) is 10.3 Å². The molecule has 1 aromatic rings. The first kappa shape index (κ1) is 11.0. The highest BCUT2D eigenvalue weighted by Gasteiger charge is 2.27. The minimum Gasteiger partial charge on any atom is -0.316 e. The molecule has 1 fully saturated rings. The maximum Gasteiger partial charge on any atom is 0.281 e. The molecule has 2 heterocycles. The first-order valence-corrected chi connectivity index (χ1v) is 5.91. The van der Waals surface area contributed by atoms with Crippen molar-refractivity contribution < 1.29 is 8.78 Å². The van der Waals surface area contributed by atoms with Crippen molar-refractivity contribution in [2.24, 2.45) is 5.92 Å². The number of hydrogen-bond acceptors (Lipinski definition) is 3. The van der Waals surface area contributed by atoms with Gasteiger partial charge in [-0.2, -0.15) is 0 Å². The van der Waals surface area contributed by atoms with E-state index in [1.165, 1.54) is 6.20 Å². The van der Waals surface area contributed by atoms with Gasteiger partial charge in [0, 0.05) is 19.5 Å². The summed E-state index contributed by atoms with van der Waals surface area (Å²) >= 11 is 1.14. The predicted octanol–water partition coefficient (Wildman–Crippen LogP) is 2.41. The zero-order chi connectivity index (χ0) is 10.9. The molecular formula is C10H14F2N2S. The Morgan fingerprint density at radius 2 is 2.47 bits per heavy atom. The van der Waals surface area contributed by atoms with Gasteiger partial charge in [0.05, 0.1) is 9.88 Å². The summed E-state index contributed by atoms with van der Waals surface area (Å²) in [5, 5.41) is 4.09. The number of hydrogen-bond donors (Lipinski definition) is 1. The minimum absolute atomic E-state index is 0.0726. The normalized spacial score (nSPS) is 22.2. The van der Waals surface area contributed by atoms with Crippen LogP contribution >= 0.6 is 11.3 Å². The van der Waals surface area contributed by atoms with Crippen LogP contribution in [0.5, 0.6) is 0 Å². The monoisotopic (exact) mass is 232 g/mol.